The fraction of sp³-hybridized carbons (Fsp3) is 0.571. The third-order valence-electron chi connectivity index (χ3n) is 3.51. The highest BCUT2D eigenvalue weighted by Crippen LogP contribution is 2.29. The number of rotatable bonds is 3. The summed E-state index contributed by atoms with van der Waals surface area (Å²) >= 11 is 6.30. The molecule has 1 fully saturated rings. The number of hydrogen-bond donors (Lipinski definition) is 1. The summed E-state index contributed by atoms with van der Waals surface area (Å²) in [6, 6.07) is 6.58. The number of hydrogen-bond acceptors (Lipinski definition) is 3. The van der Waals surface area contributed by atoms with E-state index in [4.69, 9.17) is 22.1 Å². The van der Waals surface area contributed by atoms with E-state index in [9.17, 15) is 0 Å². The minimum atomic E-state index is -0.0294. The number of halogens is 1. The van der Waals surface area contributed by atoms with Gasteiger partial charge in [-0.05, 0) is 31.0 Å². The Kier molecular flexibility index (Phi) is 4.49. The van der Waals surface area contributed by atoms with Crippen LogP contribution in [0.2, 0.25) is 5.02 Å². The molecule has 1 aliphatic heterocycles. The maximum Gasteiger partial charge on any atom is 0.0670 e. The lowest BCUT2D eigenvalue weighted by Gasteiger charge is -2.37. The van der Waals surface area contributed by atoms with Gasteiger partial charge in [0, 0.05) is 23.3 Å². The molecular weight excluding hydrogens is 248 g/mol. The van der Waals surface area contributed by atoms with Gasteiger partial charge in [-0.1, -0.05) is 24.6 Å². The second-order valence-electron chi connectivity index (χ2n) is 4.82. The molecule has 2 rings (SSSR count). The Balaban J connectivity index is 2.24. The van der Waals surface area contributed by atoms with Gasteiger partial charge in [-0.25, -0.2) is 0 Å². The molecule has 0 radical (unpaired) electrons. The van der Waals surface area contributed by atoms with Gasteiger partial charge in [-0.2, -0.15) is 0 Å². The Morgan fingerprint density at radius 2 is 2.33 bits per heavy atom. The van der Waals surface area contributed by atoms with E-state index in [0.717, 1.165) is 36.8 Å². The van der Waals surface area contributed by atoms with Gasteiger partial charge < -0.3 is 15.4 Å². The van der Waals surface area contributed by atoms with E-state index in [1.165, 1.54) is 5.69 Å². The van der Waals surface area contributed by atoms with E-state index >= 15 is 0 Å². The van der Waals surface area contributed by atoms with Crippen molar-refractivity contribution in [2.45, 2.75) is 32.4 Å². The number of nitrogens with two attached hydrogens (primary N) is 1. The zero-order chi connectivity index (χ0) is 13.1. The minimum Gasteiger partial charge on any atom is -0.377 e. The van der Waals surface area contributed by atoms with Gasteiger partial charge in [0.05, 0.1) is 19.3 Å². The largest absolute Gasteiger partial charge is 0.377 e. The molecule has 1 aliphatic rings. The predicted molar refractivity (Wildman–Crippen MR) is 76.3 cm³/mol. The van der Waals surface area contributed by atoms with E-state index in [-0.39, 0.29) is 6.04 Å². The Morgan fingerprint density at radius 1 is 1.56 bits per heavy atom. The molecule has 2 atom stereocenters. The van der Waals surface area contributed by atoms with Gasteiger partial charge in [-0.15, -0.1) is 0 Å². The first-order valence-electron chi connectivity index (χ1n) is 6.53. The van der Waals surface area contributed by atoms with Gasteiger partial charge >= 0.3 is 0 Å². The number of benzene rings is 1. The van der Waals surface area contributed by atoms with E-state index in [2.05, 4.69) is 17.9 Å². The lowest BCUT2D eigenvalue weighted by atomic mass is 10.1. The fourth-order valence-corrected chi connectivity index (χ4v) is 2.74. The van der Waals surface area contributed by atoms with Crippen molar-refractivity contribution >= 4 is 17.3 Å². The number of nitrogens with zero attached hydrogens (tertiary/aromatic N) is 1. The maximum atomic E-state index is 6.30. The SMILES string of the molecule is CCC1COCCN1c1ccc(C(C)N)c(Cl)c1. The molecule has 0 aromatic heterocycles. The van der Waals surface area contributed by atoms with Crippen LogP contribution in [-0.2, 0) is 4.74 Å². The Hall–Kier alpha value is -0.770. The van der Waals surface area contributed by atoms with Crippen molar-refractivity contribution in [2.75, 3.05) is 24.7 Å². The highest BCUT2D eigenvalue weighted by Gasteiger charge is 2.22. The van der Waals surface area contributed by atoms with E-state index in [0.29, 0.717) is 6.04 Å². The fourth-order valence-electron chi connectivity index (χ4n) is 2.40. The maximum absolute atomic E-state index is 6.30. The molecule has 3 nitrogen and oxygen atoms in total. The van der Waals surface area contributed by atoms with Crippen LogP contribution >= 0.6 is 11.6 Å². The molecular formula is C14H21ClN2O. The molecule has 100 valence electrons. The Morgan fingerprint density at radius 3 is 2.94 bits per heavy atom. The van der Waals surface area contributed by atoms with Crippen molar-refractivity contribution < 1.29 is 4.74 Å². The molecule has 18 heavy (non-hydrogen) atoms. The molecule has 1 heterocycles. The van der Waals surface area contributed by atoms with Crippen LogP contribution in [0.1, 0.15) is 31.9 Å². The first-order chi connectivity index (χ1) is 8.63. The molecule has 1 saturated heterocycles. The second kappa shape index (κ2) is 5.91. The van der Waals surface area contributed by atoms with Crippen LogP contribution in [0.4, 0.5) is 5.69 Å². The van der Waals surface area contributed by atoms with Crippen molar-refractivity contribution in [3.05, 3.63) is 28.8 Å². The number of morpholine rings is 1. The Bertz CT molecular complexity index is 409. The van der Waals surface area contributed by atoms with Crippen LogP contribution in [0.15, 0.2) is 18.2 Å². The summed E-state index contributed by atoms with van der Waals surface area (Å²) < 4.78 is 5.52. The third kappa shape index (κ3) is 2.79. The van der Waals surface area contributed by atoms with Crippen LogP contribution in [0, 0.1) is 0 Å². The Labute approximate surface area is 114 Å². The van der Waals surface area contributed by atoms with E-state index in [1.807, 2.05) is 19.1 Å². The molecule has 2 unspecified atom stereocenters. The predicted octanol–water partition coefficient (Wildman–Crippen LogP) is 2.97. The van der Waals surface area contributed by atoms with Gasteiger partial charge in [0.15, 0.2) is 0 Å². The summed E-state index contributed by atoms with van der Waals surface area (Å²) in [4.78, 5) is 2.38. The normalized spacial score (nSPS) is 22.0. The van der Waals surface area contributed by atoms with Crippen molar-refractivity contribution in [3.8, 4) is 0 Å². The standard InChI is InChI=1S/C14H21ClN2O/c1-3-11-9-18-7-6-17(11)12-4-5-13(10(2)16)14(15)8-12/h4-5,8,10-11H,3,6-7,9,16H2,1-2H3. The molecule has 0 aliphatic carbocycles. The van der Waals surface area contributed by atoms with Crippen molar-refractivity contribution in [1.82, 2.24) is 0 Å². The van der Waals surface area contributed by atoms with Gasteiger partial charge in [0.1, 0.15) is 0 Å². The number of anilines is 1. The lowest BCUT2D eigenvalue weighted by Crippen LogP contribution is -2.45. The van der Waals surface area contributed by atoms with Gasteiger partial charge in [0.25, 0.3) is 0 Å². The first-order valence-corrected chi connectivity index (χ1v) is 6.90. The summed E-state index contributed by atoms with van der Waals surface area (Å²) in [5.41, 5.74) is 8.05. The third-order valence-corrected chi connectivity index (χ3v) is 3.83. The zero-order valence-electron chi connectivity index (χ0n) is 11.0. The molecule has 0 spiro atoms. The summed E-state index contributed by atoms with van der Waals surface area (Å²) in [5.74, 6) is 0. The van der Waals surface area contributed by atoms with Crippen LogP contribution in [0.25, 0.3) is 0 Å². The van der Waals surface area contributed by atoms with Crippen molar-refractivity contribution in [3.63, 3.8) is 0 Å². The molecule has 4 heteroatoms. The zero-order valence-corrected chi connectivity index (χ0v) is 11.8. The molecule has 0 amide bonds. The average Bonchev–Trinajstić information content (AvgIpc) is 2.38. The quantitative estimate of drug-likeness (QED) is 0.916. The lowest BCUT2D eigenvalue weighted by molar-refractivity contribution is 0.0930. The van der Waals surface area contributed by atoms with Crippen molar-refractivity contribution in [2.24, 2.45) is 5.73 Å². The van der Waals surface area contributed by atoms with Gasteiger partial charge in [0.2, 0.25) is 0 Å². The molecule has 0 saturated carbocycles. The van der Waals surface area contributed by atoms with Gasteiger partial charge in [-0.3, -0.25) is 0 Å². The molecule has 1 aromatic carbocycles. The average molecular weight is 269 g/mol. The summed E-state index contributed by atoms with van der Waals surface area (Å²) in [6.07, 6.45) is 1.08. The summed E-state index contributed by atoms with van der Waals surface area (Å²) in [6.45, 7) is 6.63. The van der Waals surface area contributed by atoms with Crippen molar-refractivity contribution in [1.29, 1.82) is 0 Å². The van der Waals surface area contributed by atoms with E-state index < -0.39 is 0 Å². The molecule has 2 N–H and O–H groups in total. The molecule has 1 aromatic rings. The van der Waals surface area contributed by atoms with Crippen LogP contribution in [-0.4, -0.2) is 25.8 Å². The highest BCUT2D eigenvalue weighted by molar-refractivity contribution is 6.31. The topological polar surface area (TPSA) is 38.5 Å². The van der Waals surface area contributed by atoms with E-state index in [1.54, 1.807) is 0 Å². The minimum absolute atomic E-state index is 0.0294. The summed E-state index contributed by atoms with van der Waals surface area (Å²) in [5, 5.41) is 0.754. The smallest absolute Gasteiger partial charge is 0.0670 e. The number of ether oxygens (including phenoxy) is 1. The molecule has 0 bridgehead atoms. The second-order valence-corrected chi connectivity index (χ2v) is 5.23. The highest BCUT2D eigenvalue weighted by atomic mass is 35.5. The first kappa shape index (κ1) is 13.7. The summed E-state index contributed by atoms with van der Waals surface area (Å²) in [7, 11) is 0. The van der Waals surface area contributed by atoms with Crippen LogP contribution in [0.3, 0.4) is 0 Å². The van der Waals surface area contributed by atoms with Crippen LogP contribution < -0.4 is 10.6 Å². The monoisotopic (exact) mass is 268 g/mol. The van der Waals surface area contributed by atoms with Crippen LogP contribution in [0.5, 0.6) is 0 Å².